The zero-order valence-corrected chi connectivity index (χ0v) is 14.7. The summed E-state index contributed by atoms with van der Waals surface area (Å²) in [5.41, 5.74) is 0.973. The Morgan fingerprint density at radius 3 is 2.24 bits per heavy atom. The Morgan fingerprint density at radius 2 is 1.64 bits per heavy atom. The fourth-order valence-corrected chi connectivity index (χ4v) is 2.28. The topological polar surface area (TPSA) is 64.6 Å². The SMILES string of the molecule is COc1ccc(CNC(=O)COC(=O)C(C)(C)c2ccccc2)cc1. The van der Waals surface area contributed by atoms with Gasteiger partial charge in [-0.15, -0.1) is 0 Å². The third kappa shape index (κ3) is 5.08. The number of methoxy groups -OCH3 is 1. The Hall–Kier alpha value is -2.82. The molecule has 0 bridgehead atoms. The minimum Gasteiger partial charge on any atom is -0.497 e. The van der Waals surface area contributed by atoms with Crippen LogP contribution in [0.3, 0.4) is 0 Å². The number of amides is 1. The van der Waals surface area contributed by atoms with E-state index in [1.807, 2.05) is 54.6 Å². The molecule has 2 rings (SSSR count). The van der Waals surface area contributed by atoms with Crippen LogP contribution in [0, 0.1) is 0 Å². The molecule has 1 amide bonds. The van der Waals surface area contributed by atoms with E-state index in [-0.39, 0.29) is 12.5 Å². The first-order valence-electron chi connectivity index (χ1n) is 8.06. The molecule has 0 spiro atoms. The predicted molar refractivity (Wildman–Crippen MR) is 95.3 cm³/mol. The van der Waals surface area contributed by atoms with Gasteiger partial charge >= 0.3 is 5.97 Å². The van der Waals surface area contributed by atoms with Gasteiger partial charge in [-0.05, 0) is 37.1 Å². The summed E-state index contributed by atoms with van der Waals surface area (Å²) >= 11 is 0. The maximum atomic E-state index is 12.3. The van der Waals surface area contributed by atoms with Crippen molar-refractivity contribution in [1.82, 2.24) is 5.32 Å². The molecule has 0 aliphatic heterocycles. The largest absolute Gasteiger partial charge is 0.497 e. The van der Waals surface area contributed by atoms with E-state index >= 15 is 0 Å². The molecule has 2 aromatic carbocycles. The number of esters is 1. The maximum absolute atomic E-state index is 12.3. The van der Waals surface area contributed by atoms with E-state index in [9.17, 15) is 9.59 Å². The van der Waals surface area contributed by atoms with Crippen LogP contribution in [0.15, 0.2) is 54.6 Å². The molecule has 0 radical (unpaired) electrons. The summed E-state index contributed by atoms with van der Waals surface area (Å²) in [4.78, 5) is 24.2. The van der Waals surface area contributed by atoms with Gasteiger partial charge in [0.2, 0.25) is 0 Å². The van der Waals surface area contributed by atoms with Crippen molar-refractivity contribution in [2.24, 2.45) is 0 Å². The van der Waals surface area contributed by atoms with Crippen LogP contribution in [0.5, 0.6) is 5.75 Å². The van der Waals surface area contributed by atoms with Crippen LogP contribution < -0.4 is 10.1 Å². The van der Waals surface area contributed by atoms with Gasteiger partial charge in [0.25, 0.3) is 5.91 Å². The Balaban J connectivity index is 1.81. The van der Waals surface area contributed by atoms with Crippen molar-refractivity contribution in [2.75, 3.05) is 13.7 Å². The van der Waals surface area contributed by atoms with Crippen molar-refractivity contribution in [2.45, 2.75) is 25.8 Å². The summed E-state index contributed by atoms with van der Waals surface area (Å²) in [7, 11) is 1.60. The van der Waals surface area contributed by atoms with Crippen LogP contribution in [0.1, 0.15) is 25.0 Å². The van der Waals surface area contributed by atoms with E-state index in [0.717, 1.165) is 16.9 Å². The van der Waals surface area contributed by atoms with Gasteiger partial charge in [-0.1, -0.05) is 42.5 Å². The van der Waals surface area contributed by atoms with Crippen molar-refractivity contribution in [3.05, 3.63) is 65.7 Å². The second-order valence-electron chi connectivity index (χ2n) is 6.19. The monoisotopic (exact) mass is 341 g/mol. The number of carbonyl (C=O) groups excluding carboxylic acids is 2. The van der Waals surface area contributed by atoms with E-state index in [1.54, 1.807) is 21.0 Å². The Morgan fingerprint density at radius 1 is 1.00 bits per heavy atom. The van der Waals surface area contributed by atoms with E-state index in [2.05, 4.69) is 5.32 Å². The van der Waals surface area contributed by atoms with Gasteiger partial charge in [0.15, 0.2) is 6.61 Å². The van der Waals surface area contributed by atoms with Crippen molar-refractivity contribution in [3.8, 4) is 5.75 Å². The van der Waals surface area contributed by atoms with Crippen LogP contribution in [0.25, 0.3) is 0 Å². The van der Waals surface area contributed by atoms with Crippen LogP contribution >= 0.6 is 0 Å². The molecular weight excluding hydrogens is 318 g/mol. The first-order valence-corrected chi connectivity index (χ1v) is 8.06. The lowest BCUT2D eigenvalue weighted by molar-refractivity contribution is -0.153. The third-order valence-electron chi connectivity index (χ3n) is 3.99. The number of hydrogen-bond donors (Lipinski definition) is 1. The van der Waals surface area contributed by atoms with Gasteiger partial charge in [0.1, 0.15) is 5.75 Å². The molecular formula is C20H23NO4. The van der Waals surface area contributed by atoms with Gasteiger partial charge in [-0.3, -0.25) is 9.59 Å². The average molecular weight is 341 g/mol. The van der Waals surface area contributed by atoms with Gasteiger partial charge in [0, 0.05) is 6.54 Å². The quantitative estimate of drug-likeness (QED) is 0.787. The van der Waals surface area contributed by atoms with Gasteiger partial charge in [-0.25, -0.2) is 0 Å². The average Bonchev–Trinajstić information content (AvgIpc) is 2.65. The predicted octanol–water partition coefficient (Wildman–Crippen LogP) is 2.83. The second kappa shape index (κ2) is 8.33. The minimum absolute atomic E-state index is 0.300. The Labute approximate surface area is 148 Å². The molecule has 0 atom stereocenters. The van der Waals surface area contributed by atoms with Gasteiger partial charge in [0.05, 0.1) is 12.5 Å². The van der Waals surface area contributed by atoms with Crippen LogP contribution in [0.4, 0.5) is 0 Å². The fraction of sp³-hybridized carbons (Fsp3) is 0.300. The summed E-state index contributed by atoms with van der Waals surface area (Å²) in [5.74, 6) is -0.0153. The highest BCUT2D eigenvalue weighted by molar-refractivity contribution is 5.85. The number of hydrogen-bond acceptors (Lipinski definition) is 4. The molecule has 0 aliphatic carbocycles. The minimum atomic E-state index is -0.808. The molecule has 5 heteroatoms. The number of benzene rings is 2. The standard InChI is InChI=1S/C20H23NO4/c1-20(2,16-7-5-4-6-8-16)19(23)25-14-18(22)21-13-15-9-11-17(24-3)12-10-15/h4-12H,13-14H2,1-3H3,(H,21,22). The molecule has 0 saturated carbocycles. The Kier molecular flexibility index (Phi) is 6.17. The van der Waals surface area contributed by atoms with Crippen LogP contribution in [-0.2, 0) is 26.3 Å². The zero-order valence-electron chi connectivity index (χ0n) is 14.7. The van der Waals surface area contributed by atoms with Gasteiger partial charge < -0.3 is 14.8 Å². The summed E-state index contributed by atoms with van der Waals surface area (Å²) in [6.07, 6.45) is 0. The van der Waals surface area contributed by atoms with Crippen molar-refractivity contribution < 1.29 is 19.1 Å². The lowest BCUT2D eigenvalue weighted by Gasteiger charge is -2.22. The number of rotatable bonds is 7. The fourth-order valence-electron chi connectivity index (χ4n) is 2.28. The highest BCUT2D eigenvalue weighted by atomic mass is 16.5. The van der Waals surface area contributed by atoms with E-state index in [1.165, 1.54) is 0 Å². The first-order chi connectivity index (χ1) is 11.9. The lowest BCUT2D eigenvalue weighted by atomic mass is 9.85. The van der Waals surface area contributed by atoms with Crippen molar-refractivity contribution in [1.29, 1.82) is 0 Å². The molecule has 0 fully saturated rings. The van der Waals surface area contributed by atoms with Crippen LogP contribution in [0.2, 0.25) is 0 Å². The van der Waals surface area contributed by atoms with Gasteiger partial charge in [-0.2, -0.15) is 0 Å². The summed E-state index contributed by atoms with van der Waals surface area (Å²) in [5, 5.41) is 2.73. The molecule has 132 valence electrons. The summed E-state index contributed by atoms with van der Waals surface area (Å²) < 4.78 is 10.3. The summed E-state index contributed by atoms with van der Waals surface area (Å²) in [6.45, 7) is 3.62. The smallest absolute Gasteiger partial charge is 0.316 e. The third-order valence-corrected chi connectivity index (χ3v) is 3.99. The molecule has 0 aliphatic rings. The molecule has 0 aromatic heterocycles. The van der Waals surface area contributed by atoms with E-state index < -0.39 is 11.4 Å². The highest BCUT2D eigenvalue weighted by Crippen LogP contribution is 2.24. The molecule has 1 N–H and O–H groups in total. The molecule has 2 aromatic rings. The van der Waals surface area contributed by atoms with Crippen LogP contribution in [-0.4, -0.2) is 25.6 Å². The lowest BCUT2D eigenvalue weighted by Crippen LogP contribution is -2.35. The van der Waals surface area contributed by atoms with Crippen molar-refractivity contribution in [3.63, 3.8) is 0 Å². The normalized spacial score (nSPS) is 10.8. The molecule has 0 unspecified atom stereocenters. The second-order valence-corrected chi connectivity index (χ2v) is 6.19. The highest BCUT2D eigenvalue weighted by Gasteiger charge is 2.31. The zero-order chi connectivity index (χ0) is 18.3. The number of ether oxygens (including phenoxy) is 2. The molecule has 0 saturated heterocycles. The van der Waals surface area contributed by atoms with Crippen molar-refractivity contribution >= 4 is 11.9 Å². The molecule has 25 heavy (non-hydrogen) atoms. The Bertz CT molecular complexity index is 708. The number of nitrogens with one attached hydrogen (secondary N) is 1. The maximum Gasteiger partial charge on any atom is 0.316 e. The first kappa shape index (κ1) is 18.5. The van der Waals surface area contributed by atoms with E-state index in [0.29, 0.717) is 6.54 Å². The van der Waals surface area contributed by atoms with E-state index in [4.69, 9.17) is 9.47 Å². The molecule has 0 heterocycles. The molecule has 5 nitrogen and oxygen atoms in total. The number of carbonyl (C=O) groups is 2. The summed E-state index contributed by atoms with van der Waals surface area (Å²) in [6, 6.07) is 16.7.